The first-order chi connectivity index (χ1) is 13.3. The lowest BCUT2D eigenvalue weighted by Gasteiger charge is -2.02. The molecule has 0 aliphatic carbocycles. The molecule has 0 radical (unpaired) electrons. The topological polar surface area (TPSA) is 50.2 Å². The summed E-state index contributed by atoms with van der Waals surface area (Å²) in [6, 6.07) is 23.6. The van der Waals surface area contributed by atoms with E-state index in [1.165, 1.54) is 0 Å². The zero-order valence-corrected chi connectivity index (χ0v) is 15.8. The molecule has 1 N–H and O–H groups in total. The van der Waals surface area contributed by atoms with Gasteiger partial charge in [0.05, 0.1) is 22.5 Å². The molecule has 0 saturated carbocycles. The smallest absolute Gasteiger partial charge is 0.204 e. The Hall–Kier alpha value is -3.02. The van der Waals surface area contributed by atoms with Crippen LogP contribution in [0.5, 0.6) is 0 Å². The number of hydrogen-bond acceptors (Lipinski definition) is 5. The Bertz CT molecular complexity index is 1040. The fourth-order valence-corrected chi connectivity index (χ4v) is 3.63. The lowest BCUT2D eigenvalue weighted by Crippen LogP contribution is -1.91. The molecule has 27 heavy (non-hydrogen) atoms. The number of hydrazone groups is 1. The Morgan fingerprint density at radius 1 is 0.889 bits per heavy atom. The van der Waals surface area contributed by atoms with E-state index in [0.717, 1.165) is 27.4 Å². The number of aromatic nitrogens is 2. The minimum absolute atomic E-state index is 0.702. The monoisotopic (exact) mass is 390 g/mol. The van der Waals surface area contributed by atoms with Crippen LogP contribution in [0.3, 0.4) is 0 Å². The van der Waals surface area contributed by atoms with Gasteiger partial charge in [0, 0.05) is 16.8 Å². The van der Waals surface area contributed by atoms with E-state index in [9.17, 15) is 0 Å². The molecule has 4 aromatic rings. The van der Waals surface area contributed by atoms with Gasteiger partial charge >= 0.3 is 0 Å². The molecule has 0 amide bonds. The van der Waals surface area contributed by atoms with Gasteiger partial charge in [-0.05, 0) is 29.8 Å². The average Bonchev–Trinajstić information content (AvgIpc) is 3.14. The van der Waals surface area contributed by atoms with E-state index in [4.69, 9.17) is 16.6 Å². The number of hydrogen-bond donors (Lipinski definition) is 1. The van der Waals surface area contributed by atoms with Gasteiger partial charge in [-0.3, -0.25) is 10.4 Å². The normalized spacial score (nSPS) is 11.0. The molecule has 0 atom stereocenters. The molecule has 0 saturated heterocycles. The summed E-state index contributed by atoms with van der Waals surface area (Å²) in [6.45, 7) is 0. The fourth-order valence-electron chi connectivity index (χ4n) is 2.56. The largest absolute Gasteiger partial charge is 0.255 e. The fraction of sp³-hybridized carbons (Fsp3) is 0. The Morgan fingerprint density at radius 3 is 2.41 bits per heavy atom. The number of benzene rings is 2. The molecule has 2 aromatic heterocycles. The van der Waals surface area contributed by atoms with Crippen molar-refractivity contribution in [1.29, 1.82) is 0 Å². The average molecular weight is 391 g/mol. The Morgan fingerprint density at radius 2 is 1.67 bits per heavy atom. The Labute approximate surface area is 166 Å². The van der Waals surface area contributed by atoms with Crippen molar-refractivity contribution in [3.8, 4) is 21.7 Å². The number of nitrogens with one attached hydrogen (secondary N) is 1. The van der Waals surface area contributed by atoms with Gasteiger partial charge in [-0.1, -0.05) is 71.5 Å². The second-order valence-electron chi connectivity index (χ2n) is 5.69. The van der Waals surface area contributed by atoms with E-state index in [-0.39, 0.29) is 0 Å². The molecule has 0 aliphatic heterocycles. The van der Waals surface area contributed by atoms with Crippen molar-refractivity contribution in [1.82, 2.24) is 9.97 Å². The molecule has 132 valence electrons. The van der Waals surface area contributed by atoms with Crippen molar-refractivity contribution in [3.63, 3.8) is 0 Å². The first-order valence-electron chi connectivity index (χ1n) is 8.32. The minimum atomic E-state index is 0.702. The van der Waals surface area contributed by atoms with Gasteiger partial charge in [0.15, 0.2) is 0 Å². The lowest BCUT2D eigenvalue weighted by molar-refractivity contribution is 1.26. The summed E-state index contributed by atoms with van der Waals surface area (Å²) in [5.41, 5.74) is 6.82. The van der Waals surface area contributed by atoms with Crippen molar-refractivity contribution in [2.75, 3.05) is 5.43 Å². The third-order valence-corrected chi connectivity index (χ3v) is 5.09. The lowest BCUT2D eigenvalue weighted by atomic mass is 10.1. The highest BCUT2D eigenvalue weighted by Crippen LogP contribution is 2.39. The Kier molecular flexibility index (Phi) is 5.23. The van der Waals surface area contributed by atoms with Crippen LogP contribution in [0.1, 0.15) is 5.69 Å². The predicted molar refractivity (Wildman–Crippen MR) is 113 cm³/mol. The number of nitrogens with zero attached hydrogens (tertiary/aromatic N) is 3. The van der Waals surface area contributed by atoms with Crippen LogP contribution >= 0.6 is 22.9 Å². The summed E-state index contributed by atoms with van der Waals surface area (Å²) < 4.78 is 0. The molecule has 4 nitrogen and oxygen atoms in total. The first kappa shape index (κ1) is 17.4. The maximum Gasteiger partial charge on any atom is 0.204 e. The molecule has 0 spiro atoms. The molecule has 2 aromatic carbocycles. The van der Waals surface area contributed by atoms with E-state index in [1.807, 2.05) is 60.7 Å². The number of anilines is 1. The summed E-state index contributed by atoms with van der Waals surface area (Å²) in [4.78, 5) is 10.0. The number of halogens is 1. The van der Waals surface area contributed by atoms with Crippen molar-refractivity contribution in [3.05, 3.63) is 89.7 Å². The third-order valence-electron chi connectivity index (χ3n) is 3.83. The summed E-state index contributed by atoms with van der Waals surface area (Å²) in [7, 11) is 0. The van der Waals surface area contributed by atoms with Crippen molar-refractivity contribution in [2.24, 2.45) is 5.10 Å². The first-order valence-corrected chi connectivity index (χ1v) is 9.51. The molecule has 2 heterocycles. The number of thiazole rings is 1. The second-order valence-corrected chi connectivity index (χ2v) is 7.13. The molecular weight excluding hydrogens is 376 g/mol. The van der Waals surface area contributed by atoms with E-state index in [0.29, 0.717) is 10.2 Å². The molecule has 0 bridgehead atoms. The van der Waals surface area contributed by atoms with Gasteiger partial charge < -0.3 is 0 Å². The summed E-state index contributed by atoms with van der Waals surface area (Å²) in [5.74, 6) is 0. The standard InChI is InChI=1S/C21H15ClN4S/c22-17-11-9-15(10-12-17)19-20(16-6-2-1-3-7-16)27-21(25-19)26-24-14-18-8-4-5-13-23-18/h1-14H,(H,25,26)/b24-14+. The maximum absolute atomic E-state index is 6.03. The van der Waals surface area contributed by atoms with Crippen LogP contribution in [0.15, 0.2) is 84.1 Å². The van der Waals surface area contributed by atoms with E-state index in [2.05, 4.69) is 27.6 Å². The van der Waals surface area contributed by atoms with Gasteiger partial charge in [-0.2, -0.15) is 5.10 Å². The van der Waals surface area contributed by atoms with Crippen LogP contribution < -0.4 is 5.43 Å². The van der Waals surface area contributed by atoms with Crippen LogP contribution in [0, 0.1) is 0 Å². The van der Waals surface area contributed by atoms with Gasteiger partial charge in [0.2, 0.25) is 5.13 Å². The molecular formula is C21H15ClN4S. The highest BCUT2D eigenvalue weighted by Gasteiger charge is 2.14. The van der Waals surface area contributed by atoms with Crippen LogP contribution in [0.2, 0.25) is 5.02 Å². The van der Waals surface area contributed by atoms with Crippen molar-refractivity contribution in [2.45, 2.75) is 0 Å². The zero-order chi connectivity index (χ0) is 18.5. The van der Waals surface area contributed by atoms with Crippen LogP contribution in [0.4, 0.5) is 5.13 Å². The van der Waals surface area contributed by atoms with Gasteiger partial charge in [-0.25, -0.2) is 4.98 Å². The SMILES string of the molecule is Clc1ccc(-c2nc(N/N=C/c3ccccn3)sc2-c2ccccc2)cc1. The summed E-state index contributed by atoms with van der Waals surface area (Å²) in [5, 5.41) is 5.67. The van der Waals surface area contributed by atoms with Crippen LogP contribution in [-0.4, -0.2) is 16.2 Å². The third kappa shape index (κ3) is 4.22. The number of pyridine rings is 1. The van der Waals surface area contributed by atoms with Gasteiger partial charge in [-0.15, -0.1) is 0 Å². The molecule has 6 heteroatoms. The summed E-state index contributed by atoms with van der Waals surface area (Å²) >= 11 is 7.59. The van der Waals surface area contributed by atoms with E-state index >= 15 is 0 Å². The predicted octanol–water partition coefficient (Wildman–Crippen LogP) is 5.97. The van der Waals surface area contributed by atoms with E-state index < -0.39 is 0 Å². The highest BCUT2D eigenvalue weighted by molar-refractivity contribution is 7.19. The second kappa shape index (κ2) is 8.12. The quantitative estimate of drug-likeness (QED) is 0.337. The van der Waals surface area contributed by atoms with Gasteiger partial charge in [0.1, 0.15) is 0 Å². The molecule has 0 unspecified atom stereocenters. The van der Waals surface area contributed by atoms with Gasteiger partial charge in [0.25, 0.3) is 0 Å². The molecule has 0 fully saturated rings. The Balaban J connectivity index is 1.67. The maximum atomic E-state index is 6.03. The highest BCUT2D eigenvalue weighted by atomic mass is 35.5. The number of rotatable bonds is 5. The van der Waals surface area contributed by atoms with Crippen molar-refractivity contribution < 1.29 is 0 Å². The van der Waals surface area contributed by atoms with E-state index in [1.54, 1.807) is 23.7 Å². The van der Waals surface area contributed by atoms with Crippen LogP contribution in [-0.2, 0) is 0 Å². The molecule has 4 rings (SSSR count). The minimum Gasteiger partial charge on any atom is -0.255 e. The molecule has 0 aliphatic rings. The van der Waals surface area contributed by atoms with Crippen molar-refractivity contribution >= 4 is 34.3 Å². The van der Waals surface area contributed by atoms with Crippen LogP contribution in [0.25, 0.3) is 21.7 Å². The summed E-state index contributed by atoms with van der Waals surface area (Å²) in [6.07, 6.45) is 3.41. The zero-order valence-electron chi connectivity index (χ0n) is 14.2.